The van der Waals surface area contributed by atoms with Gasteiger partial charge in [0, 0.05) is 18.0 Å². The monoisotopic (exact) mass is 394 g/mol. The van der Waals surface area contributed by atoms with Crippen molar-refractivity contribution in [2.75, 3.05) is 6.54 Å². The van der Waals surface area contributed by atoms with E-state index in [9.17, 15) is 8.42 Å². The molecule has 2 aromatic heterocycles. The average molecular weight is 395 g/mol. The number of thiophene rings is 2. The van der Waals surface area contributed by atoms with Crippen LogP contribution < -0.4 is 10.0 Å². The molecule has 0 amide bonds. The summed E-state index contributed by atoms with van der Waals surface area (Å²) < 4.78 is 28.3. The lowest BCUT2D eigenvalue weighted by atomic mass is 10.3. The van der Waals surface area contributed by atoms with Crippen molar-refractivity contribution in [2.24, 2.45) is 0 Å². The third-order valence-corrected chi connectivity index (χ3v) is 7.05. The van der Waals surface area contributed by atoms with E-state index in [1.165, 1.54) is 22.7 Å². The Morgan fingerprint density at radius 2 is 2.10 bits per heavy atom. The van der Waals surface area contributed by atoms with Gasteiger partial charge < -0.3 is 5.32 Å². The molecule has 2 N–H and O–H groups in total. The molecule has 0 aliphatic rings. The van der Waals surface area contributed by atoms with Gasteiger partial charge in [0.05, 0.1) is 3.79 Å². The predicted octanol–water partition coefficient (Wildman–Crippen LogP) is 3.16. The van der Waals surface area contributed by atoms with Crippen LogP contribution in [0.2, 0.25) is 0 Å². The topological polar surface area (TPSA) is 58.2 Å². The number of hydrogen-bond acceptors (Lipinski definition) is 5. The first-order chi connectivity index (χ1) is 9.51. The van der Waals surface area contributed by atoms with Crippen molar-refractivity contribution in [3.8, 4) is 0 Å². The molecule has 20 heavy (non-hydrogen) atoms. The van der Waals surface area contributed by atoms with Crippen LogP contribution in [0.4, 0.5) is 0 Å². The molecule has 0 saturated carbocycles. The third kappa shape index (κ3) is 4.37. The molecule has 0 spiro atoms. The van der Waals surface area contributed by atoms with E-state index in [2.05, 4.69) is 26.0 Å². The molecule has 0 fully saturated rings. The van der Waals surface area contributed by atoms with Crippen molar-refractivity contribution in [1.29, 1.82) is 0 Å². The van der Waals surface area contributed by atoms with Gasteiger partial charge in [-0.2, -0.15) is 0 Å². The molecule has 0 unspecified atom stereocenters. The Bertz CT molecular complexity index is 664. The van der Waals surface area contributed by atoms with E-state index in [4.69, 9.17) is 0 Å². The van der Waals surface area contributed by atoms with Crippen LogP contribution >= 0.6 is 38.6 Å². The highest BCUT2D eigenvalue weighted by Crippen LogP contribution is 2.23. The number of hydrogen-bond donors (Lipinski definition) is 2. The summed E-state index contributed by atoms with van der Waals surface area (Å²) in [5.41, 5.74) is 0.996. The summed E-state index contributed by atoms with van der Waals surface area (Å²) in [4.78, 5) is 0.977. The van der Waals surface area contributed by atoms with Crippen LogP contribution in [-0.2, 0) is 23.1 Å². The third-order valence-electron chi connectivity index (χ3n) is 2.54. The maximum absolute atomic E-state index is 12.2. The smallest absolute Gasteiger partial charge is 0.250 e. The van der Waals surface area contributed by atoms with Gasteiger partial charge in [-0.3, -0.25) is 0 Å². The van der Waals surface area contributed by atoms with Crippen molar-refractivity contribution >= 4 is 48.6 Å². The number of nitrogens with one attached hydrogen (secondary N) is 2. The van der Waals surface area contributed by atoms with Crippen LogP contribution in [0.5, 0.6) is 0 Å². The van der Waals surface area contributed by atoms with Crippen molar-refractivity contribution in [1.82, 2.24) is 10.0 Å². The molecule has 0 atom stereocenters. The van der Waals surface area contributed by atoms with E-state index in [1.807, 2.05) is 24.4 Å². The summed E-state index contributed by atoms with van der Waals surface area (Å²) in [6.45, 7) is 3.90. The first-order valence-electron chi connectivity index (χ1n) is 6.03. The summed E-state index contributed by atoms with van der Waals surface area (Å²) >= 11 is 6.14. The van der Waals surface area contributed by atoms with Crippen LogP contribution in [0.25, 0.3) is 0 Å². The molecular weight excluding hydrogens is 380 g/mol. The Labute approximate surface area is 135 Å². The van der Waals surface area contributed by atoms with Gasteiger partial charge in [-0.25, -0.2) is 13.1 Å². The zero-order valence-corrected chi connectivity index (χ0v) is 14.9. The highest BCUT2D eigenvalue weighted by Gasteiger charge is 2.16. The standard InChI is InChI=1S/C12H15BrN2O2S3/c1-2-14-6-9-5-12(18-8-9)20(16,17)15-7-10-3-4-11(13)19-10/h3-5,8,14-15H,2,6-7H2,1H3. The lowest BCUT2D eigenvalue weighted by molar-refractivity contribution is 0.584. The van der Waals surface area contributed by atoms with E-state index in [0.717, 1.165) is 20.8 Å². The zero-order chi connectivity index (χ0) is 14.6. The minimum Gasteiger partial charge on any atom is -0.313 e. The van der Waals surface area contributed by atoms with Crippen molar-refractivity contribution < 1.29 is 8.42 Å². The van der Waals surface area contributed by atoms with Crippen molar-refractivity contribution in [3.05, 3.63) is 37.8 Å². The molecule has 8 heteroatoms. The average Bonchev–Trinajstić information content (AvgIpc) is 3.03. The SMILES string of the molecule is CCNCc1csc(S(=O)(=O)NCc2ccc(Br)s2)c1. The lowest BCUT2D eigenvalue weighted by Gasteiger charge is -2.02. The van der Waals surface area contributed by atoms with Gasteiger partial charge in [-0.05, 0) is 51.6 Å². The summed E-state index contributed by atoms with van der Waals surface area (Å²) in [6.07, 6.45) is 0. The maximum Gasteiger partial charge on any atom is 0.250 e. The summed E-state index contributed by atoms with van der Waals surface area (Å²) in [6, 6.07) is 5.54. The number of rotatable bonds is 7. The molecule has 2 heterocycles. The lowest BCUT2D eigenvalue weighted by Crippen LogP contribution is -2.21. The van der Waals surface area contributed by atoms with E-state index in [-0.39, 0.29) is 0 Å². The summed E-state index contributed by atoms with van der Waals surface area (Å²) in [7, 11) is -3.42. The second-order valence-electron chi connectivity index (χ2n) is 4.08. The first-order valence-corrected chi connectivity index (χ1v) is 10.0. The minimum atomic E-state index is -3.42. The van der Waals surface area contributed by atoms with E-state index >= 15 is 0 Å². The van der Waals surface area contributed by atoms with Gasteiger partial charge in [-0.1, -0.05) is 6.92 Å². The van der Waals surface area contributed by atoms with E-state index in [1.54, 1.807) is 6.07 Å². The molecule has 0 bridgehead atoms. The summed E-state index contributed by atoms with van der Waals surface area (Å²) in [5.74, 6) is 0. The Morgan fingerprint density at radius 3 is 2.75 bits per heavy atom. The predicted molar refractivity (Wildman–Crippen MR) is 87.7 cm³/mol. The zero-order valence-electron chi connectivity index (χ0n) is 10.8. The molecule has 0 aliphatic heterocycles. The Balaban J connectivity index is 2.00. The number of halogens is 1. The van der Waals surface area contributed by atoms with Crippen LogP contribution in [0, 0.1) is 0 Å². The van der Waals surface area contributed by atoms with E-state index in [0.29, 0.717) is 17.3 Å². The van der Waals surface area contributed by atoms with Crippen molar-refractivity contribution in [2.45, 2.75) is 24.2 Å². The van der Waals surface area contributed by atoms with E-state index < -0.39 is 10.0 Å². The van der Waals surface area contributed by atoms with Crippen molar-refractivity contribution in [3.63, 3.8) is 0 Å². The Kier molecular flexibility index (Phi) is 5.76. The summed E-state index contributed by atoms with van der Waals surface area (Å²) in [5, 5.41) is 5.05. The van der Waals surface area contributed by atoms with Crippen LogP contribution in [0.15, 0.2) is 31.6 Å². The van der Waals surface area contributed by atoms with Gasteiger partial charge in [0.1, 0.15) is 4.21 Å². The Morgan fingerprint density at radius 1 is 1.30 bits per heavy atom. The number of sulfonamides is 1. The Hall–Kier alpha value is -0.250. The quantitative estimate of drug-likeness (QED) is 0.757. The largest absolute Gasteiger partial charge is 0.313 e. The van der Waals surface area contributed by atoms with Crippen LogP contribution in [0.1, 0.15) is 17.4 Å². The highest BCUT2D eigenvalue weighted by molar-refractivity contribution is 9.11. The minimum absolute atomic E-state index is 0.318. The molecule has 2 aromatic rings. The molecule has 0 aliphatic carbocycles. The van der Waals surface area contributed by atoms with Gasteiger partial charge in [0.2, 0.25) is 10.0 Å². The van der Waals surface area contributed by atoms with Gasteiger partial charge in [0.25, 0.3) is 0 Å². The normalized spacial score (nSPS) is 11.9. The fourth-order valence-electron chi connectivity index (χ4n) is 1.54. The fourth-order valence-corrected chi connectivity index (χ4v) is 5.31. The van der Waals surface area contributed by atoms with Gasteiger partial charge >= 0.3 is 0 Å². The molecular formula is C12H15BrN2O2S3. The molecule has 110 valence electrons. The van der Waals surface area contributed by atoms with Crippen LogP contribution in [-0.4, -0.2) is 15.0 Å². The highest BCUT2D eigenvalue weighted by atomic mass is 79.9. The molecule has 0 aromatic carbocycles. The van der Waals surface area contributed by atoms with Gasteiger partial charge in [0.15, 0.2) is 0 Å². The fraction of sp³-hybridized carbons (Fsp3) is 0.333. The second kappa shape index (κ2) is 7.15. The molecule has 2 rings (SSSR count). The molecule has 0 radical (unpaired) electrons. The first kappa shape index (κ1) is 16.1. The maximum atomic E-state index is 12.2. The van der Waals surface area contributed by atoms with Crippen LogP contribution in [0.3, 0.4) is 0 Å². The molecule has 4 nitrogen and oxygen atoms in total. The van der Waals surface area contributed by atoms with Gasteiger partial charge in [-0.15, -0.1) is 22.7 Å². The second-order valence-corrected chi connectivity index (χ2v) is 9.54. The molecule has 0 saturated heterocycles.